The quantitative estimate of drug-likeness (QED) is 0.592. The van der Waals surface area contributed by atoms with E-state index in [9.17, 15) is 14.6 Å². The molecule has 0 radical (unpaired) electrons. The van der Waals surface area contributed by atoms with Crippen LogP contribution in [0.25, 0.3) is 0 Å². The van der Waals surface area contributed by atoms with Crippen molar-refractivity contribution in [2.24, 2.45) is 0 Å². The summed E-state index contributed by atoms with van der Waals surface area (Å²) >= 11 is 5.41. The molecule has 0 aliphatic heterocycles. The lowest BCUT2D eigenvalue weighted by molar-refractivity contribution is 0.0167. The second kappa shape index (κ2) is 5.24. The summed E-state index contributed by atoms with van der Waals surface area (Å²) in [4.78, 5) is 3.37. The molecule has 1 aromatic heterocycles. The number of pyridine rings is 1. The maximum absolute atomic E-state index is 12.4. The topological polar surface area (TPSA) is 53.4 Å². The molecule has 3 nitrogen and oxygen atoms in total. The van der Waals surface area contributed by atoms with Crippen LogP contribution in [0.1, 0.15) is 18.1 Å². The van der Waals surface area contributed by atoms with Gasteiger partial charge >= 0.3 is 0 Å². The van der Waals surface area contributed by atoms with Crippen LogP contribution in [0.15, 0.2) is 18.3 Å². The molecule has 0 amide bonds. The van der Waals surface area contributed by atoms with Crippen LogP contribution in [-0.2, 0) is 0 Å². The Bertz CT molecular complexity index is 281. The highest BCUT2D eigenvalue weighted by atomic mass is 35.5. The van der Waals surface area contributed by atoms with Crippen molar-refractivity contribution in [1.29, 1.82) is 0 Å². The summed E-state index contributed by atoms with van der Waals surface area (Å²) in [5.74, 6) is -0.361. The van der Waals surface area contributed by atoms with Gasteiger partial charge in [0.1, 0.15) is 6.10 Å². The molecule has 2 atom stereocenters. The minimum absolute atomic E-state index is 0.257. The van der Waals surface area contributed by atoms with Crippen LogP contribution >= 0.6 is 11.6 Å². The highest BCUT2D eigenvalue weighted by molar-refractivity contribution is 6.17. The molecule has 0 saturated carbocycles. The fraction of sp³-hybridized carbons (Fsp3) is 0.444. The molecule has 2 unspecified atom stereocenters. The standard InChI is InChI=1S/C9H11ClFNO2/c10-4-3-7(13)9(14)6-1-2-8(11)12-5-6/h1-2,5,7,9,13-14H,3-4H2. The van der Waals surface area contributed by atoms with E-state index in [-0.39, 0.29) is 12.3 Å². The van der Waals surface area contributed by atoms with Crippen molar-refractivity contribution in [1.82, 2.24) is 4.98 Å². The minimum atomic E-state index is -1.07. The molecular formula is C9H11ClFNO2. The van der Waals surface area contributed by atoms with E-state index < -0.39 is 18.2 Å². The molecule has 0 aromatic carbocycles. The summed E-state index contributed by atoms with van der Waals surface area (Å²) in [6, 6.07) is 2.51. The van der Waals surface area contributed by atoms with Gasteiger partial charge in [-0.1, -0.05) is 6.07 Å². The zero-order chi connectivity index (χ0) is 10.6. The lowest BCUT2D eigenvalue weighted by atomic mass is 10.1. The Morgan fingerprint density at radius 1 is 1.43 bits per heavy atom. The van der Waals surface area contributed by atoms with Gasteiger partial charge in [0, 0.05) is 17.6 Å². The molecule has 2 N–H and O–H groups in total. The number of nitrogens with zero attached hydrogens (tertiary/aromatic N) is 1. The lowest BCUT2D eigenvalue weighted by Crippen LogP contribution is -2.18. The largest absolute Gasteiger partial charge is 0.390 e. The Morgan fingerprint density at radius 2 is 2.14 bits per heavy atom. The molecule has 0 saturated heterocycles. The number of aromatic nitrogens is 1. The first kappa shape index (κ1) is 11.4. The number of alkyl halides is 1. The summed E-state index contributed by atoms with van der Waals surface area (Å²) < 4.78 is 12.4. The minimum Gasteiger partial charge on any atom is -0.390 e. The van der Waals surface area contributed by atoms with Gasteiger partial charge in [-0.05, 0) is 12.5 Å². The number of hydrogen-bond acceptors (Lipinski definition) is 3. The van der Waals surface area contributed by atoms with Crippen LogP contribution in [0, 0.1) is 5.95 Å². The van der Waals surface area contributed by atoms with E-state index in [4.69, 9.17) is 11.6 Å². The Balaban J connectivity index is 2.68. The number of aliphatic hydroxyl groups is 2. The molecule has 0 bridgehead atoms. The summed E-state index contributed by atoms with van der Waals surface area (Å²) in [6.07, 6.45) is -0.543. The van der Waals surface area contributed by atoms with Crippen molar-refractivity contribution in [3.63, 3.8) is 0 Å². The summed E-state index contributed by atoms with van der Waals surface area (Å²) in [7, 11) is 0. The van der Waals surface area contributed by atoms with Crippen LogP contribution in [-0.4, -0.2) is 27.2 Å². The third kappa shape index (κ3) is 2.90. The average molecular weight is 220 g/mol. The van der Waals surface area contributed by atoms with Gasteiger partial charge in [-0.2, -0.15) is 4.39 Å². The van der Waals surface area contributed by atoms with E-state index in [2.05, 4.69) is 4.98 Å². The van der Waals surface area contributed by atoms with E-state index >= 15 is 0 Å². The van der Waals surface area contributed by atoms with Gasteiger partial charge < -0.3 is 10.2 Å². The molecule has 0 spiro atoms. The monoisotopic (exact) mass is 219 g/mol. The molecule has 1 aromatic rings. The Hall–Kier alpha value is -0.710. The zero-order valence-corrected chi connectivity index (χ0v) is 8.15. The van der Waals surface area contributed by atoms with Crippen molar-refractivity contribution in [2.75, 3.05) is 5.88 Å². The lowest BCUT2D eigenvalue weighted by Gasteiger charge is -2.16. The first-order valence-corrected chi connectivity index (χ1v) is 4.72. The fourth-order valence-electron chi connectivity index (χ4n) is 1.05. The molecule has 0 aliphatic rings. The smallest absolute Gasteiger partial charge is 0.212 e. The average Bonchev–Trinajstić information content (AvgIpc) is 2.18. The molecule has 0 fully saturated rings. The zero-order valence-electron chi connectivity index (χ0n) is 7.40. The predicted molar refractivity (Wildman–Crippen MR) is 50.5 cm³/mol. The summed E-state index contributed by atoms with van der Waals surface area (Å²) in [5, 5.41) is 18.9. The number of halogens is 2. The van der Waals surface area contributed by atoms with Crippen molar-refractivity contribution < 1.29 is 14.6 Å². The Kier molecular flexibility index (Phi) is 4.25. The number of aliphatic hydroxyl groups excluding tert-OH is 2. The van der Waals surface area contributed by atoms with Crippen LogP contribution in [0.5, 0.6) is 0 Å². The first-order chi connectivity index (χ1) is 6.65. The van der Waals surface area contributed by atoms with Gasteiger partial charge in [-0.25, -0.2) is 4.98 Å². The van der Waals surface area contributed by atoms with Crippen molar-refractivity contribution in [3.8, 4) is 0 Å². The molecule has 0 aliphatic carbocycles. The van der Waals surface area contributed by atoms with E-state index in [0.29, 0.717) is 5.56 Å². The Labute approximate surface area is 86.2 Å². The van der Waals surface area contributed by atoms with Gasteiger partial charge in [0.2, 0.25) is 5.95 Å². The number of hydrogen-bond donors (Lipinski definition) is 2. The summed E-state index contributed by atoms with van der Waals surface area (Å²) in [5.41, 5.74) is 0.379. The van der Waals surface area contributed by atoms with Crippen LogP contribution in [0.4, 0.5) is 4.39 Å². The highest BCUT2D eigenvalue weighted by Gasteiger charge is 2.17. The third-order valence-electron chi connectivity index (χ3n) is 1.86. The van der Waals surface area contributed by atoms with E-state index in [1.165, 1.54) is 12.3 Å². The first-order valence-electron chi connectivity index (χ1n) is 4.18. The maximum atomic E-state index is 12.4. The molecule has 1 heterocycles. The van der Waals surface area contributed by atoms with Crippen LogP contribution < -0.4 is 0 Å². The van der Waals surface area contributed by atoms with Crippen molar-refractivity contribution in [3.05, 3.63) is 29.8 Å². The van der Waals surface area contributed by atoms with Crippen molar-refractivity contribution >= 4 is 11.6 Å². The van der Waals surface area contributed by atoms with Crippen LogP contribution in [0.3, 0.4) is 0 Å². The maximum Gasteiger partial charge on any atom is 0.212 e. The third-order valence-corrected chi connectivity index (χ3v) is 2.08. The molecule has 5 heteroatoms. The Morgan fingerprint density at radius 3 is 2.64 bits per heavy atom. The van der Waals surface area contributed by atoms with E-state index in [0.717, 1.165) is 6.07 Å². The normalized spacial score (nSPS) is 15.1. The van der Waals surface area contributed by atoms with Gasteiger partial charge in [-0.15, -0.1) is 11.6 Å². The SMILES string of the molecule is OC(CCCl)C(O)c1ccc(F)nc1. The predicted octanol–water partition coefficient (Wildman–Crippen LogP) is 1.24. The van der Waals surface area contributed by atoms with Crippen molar-refractivity contribution in [2.45, 2.75) is 18.6 Å². The van der Waals surface area contributed by atoms with E-state index in [1.54, 1.807) is 0 Å². The second-order valence-corrected chi connectivity index (χ2v) is 3.28. The van der Waals surface area contributed by atoms with Gasteiger partial charge in [0.15, 0.2) is 0 Å². The molecule has 78 valence electrons. The molecule has 1 rings (SSSR count). The second-order valence-electron chi connectivity index (χ2n) is 2.90. The summed E-state index contributed by atoms with van der Waals surface area (Å²) in [6.45, 7) is 0. The van der Waals surface area contributed by atoms with Gasteiger partial charge in [0.25, 0.3) is 0 Å². The van der Waals surface area contributed by atoms with Crippen LogP contribution in [0.2, 0.25) is 0 Å². The molecule has 14 heavy (non-hydrogen) atoms. The number of rotatable bonds is 4. The highest BCUT2D eigenvalue weighted by Crippen LogP contribution is 2.18. The fourth-order valence-corrected chi connectivity index (χ4v) is 1.28. The van der Waals surface area contributed by atoms with Gasteiger partial charge in [-0.3, -0.25) is 0 Å². The van der Waals surface area contributed by atoms with Gasteiger partial charge in [0.05, 0.1) is 6.10 Å². The van der Waals surface area contributed by atoms with E-state index in [1.807, 2.05) is 0 Å². The molecular weight excluding hydrogens is 209 g/mol.